The van der Waals surface area contributed by atoms with Gasteiger partial charge >= 0.3 is 0 Å². The van der Waals surface area contributed by atoms with Crippen LogP contribution in [0.25, 0.3) is 32.2 Å². The summed E-state index contributed by atoms with van der Waals surface area (Å²) in [6.07, 6.45) is 5.23. The zero-order valence-corrected chi connectivity index (χ0v) is 67.1. The highest BCUT2D eigenvalue weighted by Gasteiger charge is 2.39. The van der Waals surface area contributed by atoms with Crippen molar-refractivity contribution in [2.45, 2.75) is 204 Å². The normalized spacial score (nSPS) is 14.2. The summed E-state index contributed by atoms with van der Waals surface area (Å²) in [6, 6.07) is 2.93. The van der Waals surface area contributed by atoms with Gasteiger partial charge in [-0.1, -0.05) is 114 Å². The molecule has 0 aliphatic carbocycles. The summed E-state index contributed by atoms with van der Waals surface area (Å²) in [5, 5.41) is 58.3. The Labute approximate surface area is 682 Å². The first kappa shape index (κ1) is 96.3. The Hall–Kier alpha value is -12.3. The second kappa shape index (κ2) is 50.3. The van der Waals surface area contributed by atoms with Crippen molar-refractivity contribution in [3.63, 3.8) is 0 Å². The number of aromatic hydroxyl groups is 1. The quantitative estimate of drug-likeness (QED) is 0.00828. The minimum absolute atomic E-state index is 0.00215. The molecule has 0 aliphatic rings. The number of hydrogen-bond acceptors (Lipinski definition) is 21. The van der Waals surface area contributed by atoms with Gasteiger partial charge in [0.2, 0.25) is 88.6 Å². The molecule has 27 N–H and O–H groups in total. The Morgan fingerprint density at radius 3 is 1.36 bits per heavy atom. The summed E-state index contributed by atoms with van der Waals surface area (Å²) in [7, 11) is 0. The van der Waals surface area contributed by atoms with Gasteiger partial charge in [0.25, 0.3) is 0 Å². The maximum absolute atomic E-state index is 15.0. The highest BCUT2D eigenvalue weighted by molar-refractivity contribution is 6.01. The van der Waals surface area contributed by atoms with Crippen LogP contribution in [-0.4, -0.2) is 221 Å². The molecule has 0 radical (unpaired) electrons. The number of amides is 15. The maximum Gasteiger partial charge on any atom is 0.245 e. The number of carbonyl (C=O) groups is 15. The summed E-state index contributed by atoms with van der Waals surface area (Å²) in [5.74, 6) is -14.3. The average molecular weight is 1650 g/mol. The second-order valence-corrected chi connectivity index (χ2v) is 29.2. The van der Waals surface area contributed by atoms with E-state index >= 15 is 0 Å². The van der Waals surface area contributed by atoms with Gasteiger partial charge in [0, 0.05) is 64.8 Å². The molecule has 0 spiro atoms. The van der Waals surface area contributed by atoms with Crippen LogP contribution in [0.2, 0.25) is 0 Å². The fraction of sp³-hybridized carbons (Fsp3) is 0.526. The molecule has 0 bridgehead atoms. The van der Waals surface area contributed by atoms with E-state index in [9.17, 15) is 87.7 Å². The van der Waals surface area contributed by atoms with Crippen molar-refractivity contribution < 1.29 is 82.1 Å². The van der Waals surface area contributed by atoms with Crippen LogP contribution in [0.15, 0.2) is 90.3 Å². The lowest BCUT2D eigenvalue weighted by Crippen LogP contribution is -2.62. The molecule has 0 fully saturated rings. The number of carbonyl (C=O) groups excluding carboxylic acids is 15. The van der Waals surface area contributed by atoms with E-state index in [-0.39, 0.29) is 96.0 Å². The Bertz CT molecular complexity index is 4280. The summed E-state index contributed by atoms with van der Waals surface area (Å²) in [6.45, 7) is 5.82. The highest BCUT2D eigenvalue weighted by atomic mass is 16.3. The largest absolute Gasteiger partial charge is 0.508 e. The van der Waals surface area contributed by atoms with Crippen LogP contribution in [0.1, 0.15) is 135 Å². The van der Waals surface area contributed by atoms with Crippen LogP contribution in [-0.2, 0) is 91.2 Å². The van der Waals surface area contributed by atoms with Gasteiger partial charge in [0.15, 0.2) is 0 Å². The molecule has 5 aromatic rings. The molecule has 644 valence electrons. The number of phenols is 1. The molecule has 0 aliphatic heterocycles. The number of rotatable bonds is 54. The van der Waals surface area contributed by atoms with Gasteiger partial charge in [-0.2, -0.15) is 0 Å². The van der Waals surface area contributed by atoms with E-state index in [1.807, 2.05) is 0 Å². The number of fused-ring (bicyclic) bond motifs is 2. The Morgan fingerprint density at radius 2 is 0.873 bits per heavy atom. The van der Waals surface area contributed by atoms with Crippen LogP contribution in [0.4, 0.5) is 0 Å². The zero-order chi connectivity index (χ0) is 87.0. The summed E-state index contributed by atoms with van der Waals surface area (Å²) in [4.78, 5) is 216. The standard InChI is InChI=1S/C78H115N23O17/c1-6-44(4)67(77(117)97-60(36-62(82)104)70(110)88-40-65(107)87-39-63(83)105)98-78(118)68(45(5)100-101-84)99-75(115)59(35-48-38-86-53-21-13-11-19-51(48)53)95-71(111)55(23-15-31-80)90-66(108)41-89-69(109)54(22-14-30-79)92-72(112)56(24-16-32-81)93-74(114)58(34-47-37-85-52-20-12-10-18-50(47)52)96-73(113)57(33-46-26-28-49(103)29-27-46)94-76(116)61(42-102)91-64(106)25-9-7-8-17-43(2)3/h10-13,18-21,26-29,37-38,43-45,54-61,67-68,85-86,102-103H,6-9,14-17,22-25,30-36,39-42,79-81H2,1-5H3,(H2,82,104)(H2,83,105)(H,87,107)(H,88,110)(H,89,109)(H,90,108)(H,91,106)(H,92,112)(H,93,114)(H,94,116)(H,95,111)(H,96,113)(H,97,117)(H,98,118)(H,99,115)/t44-,45+,54-,55+,56+,57+,58+,59-,60-,61+,67-,68-/m0/s1. The van der Waals surface area contributed by atoms with E-state index in [0.29, 0.717) is 50.8 Å². The Morgan fingerprint density at radius 1 is 0.441 bits per heavy atom. The number of aromatic nitrogens is 2. The van der Waals surface area contributed by atoms with E-state index < -0.39 is 194 Å². The highest BCUT2D eigenvalue weighted by Crippen LogP contribution is 2.23. The zero-order valence-electron chi connectivity index (χ0n) is 67.1. The number of aliphatic hydroxyl groups excluding tert-OH is 1. The lowest BCUT2D eigenvalue weighted by atomic mass is 9.96. The predicted octanol–water partition coefficient (Wildman–Crippen LogP) is -2.50. The lowest BCUT2D eigenvalue weighted by molar-refractivity contribution is -0.136. The number of H-pyrrole nitrogens is 2. The molecular weight excluding hydrogens is 1530 g/mol. The number of aliphatic hydroxyl groups is 1. The Kier molecular flexibility index (Phi) is 41.0. The second-order valence-electron chi connectivity index (χ2n) is 29.2. The van der Waals surface area contributed by atoms with Gasteiger partial charge in [0.05, 0.1) is 38.7 Å². The van der Waals surface area contributed by atoms with E-state index in [1.165, 1.54) is 31.2 Å². The van der Waals surface area contributed by atoms with Crippen LogP contribution in [0.3, 0.4) is 0 Å². The first-order valence-electron chi connectivity index (χ1n) is 39.4. The van der Waals surface area contributed by atoms with Gasteiger partial charge in [-0.15, -0.1) is 0 Å². The molecule has 15 amide bonds. The minimum atomic E-state index is -1.81. The molecule has 40 nitrogen and oxygen atoms in total. The summed E-state index contributed by atoms with van der Waals surface area (Å²) >= 11 is 0. The molecule has 12 atom stereocenters. The number of benzene rings is 3. The molecule has 0 saturated heterocycles. The molecule has 118 heavy (non-hydrogen) atoms. The van der Waals surface area contributed by atoms with Crippen LogP contribution in [0.5, 0.6) is 5.75 Å². The monoisotopic (exact) mass is 1650 g/mol. The third kappa shape index (κ3) is 32.4. The summed E-state index contributed by atoms with van der Waals surface area (Å²) in [5.41, 5.74) is 40.7. The molecule has 5 rings (SSSR count). The van der Waals surface area contributed by atoms with Gasteiger partial charge < -0.3 is 118 Å². The first-order valence-corrected chi connectivity index (χ1v) is 39.4. The van der Waals surface area contributed by atoms with Gasteiger partial charge in [-0.3, -0.25) is 71.9 Å². The number of primary amides is 2. The van der Waals surface area contributed by atoms with Gasteiger partial charge in [0.1, 0.15) is 66.2 Å². The van der Waals surface area contributed by atoms with Crippen molar-refractivity contribution in [3.05, 3.63) is 112 Å². The fourth-order valence-electron chi connectivity index (χ4n) is 12.6. The molecule has 0 unspecified atom stereocenters. The summed E-state index contributed by atoms with van der Waals surface area (Å²) < 4.78 is 0. The van der Waals surface area contributed by atoms with E-state index in [2.05, 4.69) is 103 Å². The van der Waals surface area contributed by atoms with Crippen molar-refractivity contribution in [2.24, 2.45) is 45.6 Å². The van der Waals surface area contributed by atoms with Crippen molar-refractivity contribution in [1.29, 1.82) is 0 Å². The van der Waals surface area contributed by atoms with Crippen molar-refractivity contribution in [3.8, 4) is 5.75 Å². The Balaban J connectivity index is 1.37. The number of nitrogens with zero attached hydrogens (tertiary/aromatic N) is 3. The third-order valence-corrected chi connectivity index (χ3v) is 19.4. The molecule has 3 aromatic carbocycles. The number of azide groups is 1. The minimum Gasteiger partial charge on any atom is -0.508 e. The smallest absolute Gasteiger partial charge is 0.245 e. The van der Waals surface area contributed by atoms with Crippen LogP contribution >= 0.6 is 0 Å². The lowest BCUT2D eigenvalue weighted by Gasteiger charge is -2.30. The van der Waals surface area contributed by atoms with E-state index in [4.69, 9.17) is 28.7 Å². The number of para-hydroxylation sites is 2. The van der Waals surface area contributed by atoms with Gasteiger partial charge in [-0.05, 0) is 123 Å². The number of unbranched alkanes of at least 4 members (excludes halogenated alkanes) is 2. The van der Waals surface area contributed by atoms with E-state index in [1.54, 1.807) is 74.8 Å². The number of nitrogens with two attached hydrogens (primary N) is 5. The number of nitrogens with one attached hydrogen (secondary N) is 15. The topological polar surface area (TPSA) is 663 Å². The van der Waals surface area contributed by atoms with Crippen molar-refractivity contribution >= 4 is 110 Å². The third-order valence-electron chi connectivity index (χ3n) is 19.4. The van der Waals surface area contributed by atoms with E-state index in [0.717, 1.165) is 19.3 Å². The first-order chi connectivity index (χ1) is 56.3. The molecule has 40 heteroatoms. The molecular formula is C78H115N23O17. The maximum atomic E-state index is 15.0. The molecule has 0 saturated carbocycles. The molecule has 2 aromatic heterocycles. The number of hydrogen-bond donors (Lipinski definition) is 22. The number of phenolic OH excluding ortho intramolecular Hbond substituents is 1. The SMILES string of the molecule is CC[C@H](C)[C@H](NC(=O)[C@@H](NC(=O)[C@H](Cc1c[nH]c2ccccc12)NC(=O)[C@@H](CCCN)NC(=O)CNC(=O)[C@H](CCCN)NC(=O)[C@@H](CCCN)NC(=O)[C@@H](Cc1c[nH]c2ccccc12)NC(=O)[C@@H](Cc1ccc(O)cc1)NC(=O)[C@@H](CO)NC(=O)CCCCCC(C)C)[C@@H](C)N=[N+]=[N-])C(=O)N[C@@H](CC(N)=O)C(=O)NCC(=O)NCC(N)=O. The van der Waals surface area contributed by atoms with Crippen LogP contribution < -0.4 is 97.8 Å². The predicted molar refractivity (Wildman–Crippen MR) is 435 cm³/mol. The molecule has 2 heterocycles. The fourth-order valence-corrected chi connectivity index (χ4v) is 12.6. The van der Waals surface area contributed by atoms with Gasteiger partial charge in [-0.25, -0.2) is 0 Å². The average Bonchev–Trinajstić information content (AvgIpc) is 1.66. The van der Waals surface area contributed by atoms with Crippen molar-refractivity contribution in [2.75, 3.05) is 45.9 Å². The van der Waals surface area contributed by atoms with Crippen molar-refractivity contribution in [1.82, 2.24) is 79.1 Å². The van der Waals surface area contributed by atoms with Crippen LogP contribution in [0, 0.1) is 11.8 Å². The number of aromatic amines is 2.